The molecule has 0 radical (unpaired) electrons. The Labute approximate surface area is 171 Å². The van der Waals surface area contributed by atoms with Crippen molar-refractivity contribution in [3.05, 3.63) is 82.3 Å². The summed E-state index contributed by atoms with van der Waals surface area (Å²) in [6, 6.07) is 13.0. The van der Waals surface area contributed by atoms with Gasteiger partial charge in [-0.25, -0.2) is 10.2 Å². The van der Waals surface area contributed by atoms with Gasteiger partial charge in [0.15, 0.2) is 11.5 Å². The highest BCUT2D eigenvalue weighted by Crippen LogP contribution is 2.29. The maximum Gasteiger partial charge on any atom is 0.345 e. The normalized spacial score (nSPS) is 10.7. The molecular formula is C21H17ClN2O5. The van der Waals surface area contributed by atoms with E-state index in [4.69, 9.17) is 25.5 Å². The van der Waals surface area contributed by atoms with E-state index in [9.17, 15) is 9.59 Å². The molecule has 0 aliphatic heterocycles. The maximum absolute atomic E-state index is 12.3. The third-order valence-electron chi connectivity index (χ3n) is 3.97. The molecule has 1 heterocycles. The maximum atomic E-state index is 12.3. The molecule has 0 aliphatic rings. The highest BCUT2D eigenvalue weighted by atomic mass is 35.5. The summed E-state index contributed by atoms with van der Waals surface area (Å²) in [5.74, 6) is 0.0749. The van der Waals surface area contributed by atoms with Crippen LogP contribution in [0.3, 0.4) is 0 Å². The number of aryl methyl sites for hydroxylation is 1. The molecule has 0 atom stereocenters. The number of esters is 1. The summed E-state index contributed by atoms with van der Waals surface area (Å²) < 4.78 is 15.8. The van der Waals surface area contributed by atoms with Crippen molar-refractivity contribution in [3.8, 4) is 11.5 Å². The Morgan fingerprint density at radius 3 is 2.59 bits per heavy atom. The second-order valence-electron chi connectivity index (χ2n) is 5.87. The van der Waals surface area contributed by atoms with Gasteiger partial charge < -0.3 is 13.9 Å². The predicted octanol–water partition coefficient (Wildman–Crippen LogP) is 4.23. The fraction of sp³-hybridized carbons (Fsp3) is 0.0952. The smallest absolute Gasteiger partial charge is 0.345 e. The molecule has 1 N–H and O–H groups in total. The number of hydrogen-bond donors (Lipinski definition) is 1. The first kappa shape index (κ1) is 20.2. The Balaban J connectivity index is 1.70. The monoisotopic (exact) mass is 412 g/mol. The fourth-order valence-electron chi connectivity index (χ4n) is 2.48. The van der Waals surface area contributed by atoms with Gasteiger partial charge in [-0.05, 0) is 48.9 Å². The third kappa shape index (κ3) is 4.83. The molecule has 0 saturated heterocycles. The lowest BCUT2D eigenvalue weighted by Gasteiger charge is -2.10. The van der Waals surface area contributed by atoms with E-state index in [0.717, 1.165) is 0 Å². The van der Waals surface area contributed by atoms with Crippen molar-refractivity contribution in [1.29, 1.82) is 0 Å². The minimum Gasteiger partial charge on any atom is -0.493 e. The largest absolute Gasteiger partial charge is 0.493 e. The van der Waals surface area contributed by atoms with Crippen LogP contribution in [0.4, 0.5) is 0 Å². The van der Waals surface area contributed by atoms with E-state index in [2.05, 4.69) is 10.5 Å². The number of hydrazone groups is 1. The average Bonchev–Trinajstić information content (AvgIpc) is 3.15. The van der Waals surface area contributed by atoms with Crippen LogP contribution in [0.2, 0.25) is 5.02 Å². The van der Waals surface area contributed by atoms with E-state index in [1.165, 1.54) is 19.6 Å². The Hall–Kier alpha value is -3.58. The van der Waals surface area contributed by atoms with Crippen LogP contribution >= 0.6 is 11.6 Å². The average molecular weight is 413 g/mol. The van der Waals surface area contributed by atoms with Crippen molar-refractivity contribution in [3.63, 3.8) is 0 Å². The van der Waals surface area contributed by atoms with Crippen LogP contribution in [0.15, 0.2) is 64.3 Å². The van der Waals surface area contributed by atoms with Gasteiger partial charge in [0.25, 0.3) is 5.91 Å². The molecule has 7 nitrogen and oxygen atoms in total. The second-order valence-corrected chi connectivity index (χ2v) is 6.28. The SMILES string of the molecule is COc1cc(/C=N\NC(=O)c2ccoc2C)ccc1OC(=O)c1ccccc1Cl. The van der Waals surface area contributed by atoms with Gasteiger partial charge in [-0.2, -0.15) is 5.10 Å². The molecule has 0 fully saturated rings. The van der Waals surface area contributed by atoms with Gasteiger partial charge in [-0.15, -0.1) is 0 Å². The van der Waals surface area contributed by atoms with Crippen LogP contribution in [0.1, 0.15) is 32.0 Å². The summed E-state index contributed by atoms with van der Waals surface area (Å²) >= 11 is 6.02. The van der Waals surface area contributed by atoms with Gasteiger partial charge in [0, 0.05) is 0 Å². The molecule has 29 heavy (non-hydrogen) atoms. The van der Waals surface area contributed by atoms with Crippen molar-refractivity contribution >= 4 is 29.7 Å². The topological polar surface area (TPSA) is 90.1 Å². The highest BCUT2D eigenvalue weighted by molar-refractivity contribution is 6.33. The molecule has 0 spiro atoms. The zero-order valence-corrected chi connectivity index (χ0v) is 16.4. The Kier molecular flexibility index (Phi) is 6.31. The third-order valence-corrected chi connectivity index (χ3v) is 4.30. The van der Waals surface area contributed by atoms with E-state index >= 15 is 0 Å². The summed E-state index contributed by atoms with van der Waals surface area (Å²) in [5, 5.41) is 4.21. The summed E-state index contributed by atoms with van der Waals surface area (Å²) in [6.45, 7) is 1.69. The van der Waals surface area contributed by atoms with Gasteiger partial charge in [0.2, 0.25) is 0 Å². The number of nitrogens with zero attached hydrogens (tertiary/aromatic N) is 1. The molecule has 0 aliphatic carbocycles. The molecule has 0 bridgehead atoms. The molecule has 2 aromatic carbocycles. The van der Waals surface area contributed by atoms with Crippen LogP contribution in [0.5, 0.6) is 11.5 Å². The van der Waals surface area contributed by atoms with Crippen molar-refractivity contribution in [1.82, 2.24) is 5.43 Å². The molecule has 148 valence electrons. The predicted molar refractivity (Wildman–Crippen MR) is 108 cm³/mol. The van der Waals surface area contributed by atoms with Crippen molar-refractivity contribution in [2.45, 2.75) is 6.92 Å². The van der Waals surface area contributed by atoms with Crippen molar-refractivity contribution in [2.75, 3.05) is 7.11 Å². The second kappa shape index (κ2) is 9.07. The fourth-order valence-corrected chi connectivity index (χ4v) is 2.69. The van der Waals surface area contributed by atoms with Gasteiger partial charge in [-0.1, -0.05) is 23.7 Å². The molecule has 8 heteroatoms. The summed E-state index contributed by atoms with van der Waals surface area (Å²) in [5.41, 5.74) is 3.70. The van der Waals surface area contributed by atoms with Gasteiger partial charge in [0.1, 0.15) is 5.76 Å². The van der Waals surface area contributed by atoms with Crippen LogP contribution in [-0.2, 0) is 0 Å². The molecular weight excluding hydrogens is 396 g/mol. The molecule has 1 amide bonds. The number of benzene rings is 2. The lowest BCUT2D eigenvalue weighted by Crippen LogP contribution is -2.17. The molecule has 1 aromatic heterocycles. The van der Waals surface area contributed by atoms with Gasteiger partial charge in [-0.3, -0.25) is 4.79 Å². The Morgan fingerprint density at radius 2 is 1.90 bits per heavy atom. The summed E-state index contributed by atoms with van der Waals surface area (Å²) in [6.07, 6.45) is 2.87. The first-order chi connectivity index (χ1) is 14.0. The van der Waals surface area contributed by atoms with E-state index in [1.807, 2.05) is 0 Å². The highest BCUT2D eigenvalue weighted by Gasteiger charge is 2.15. The number of carbonyl (C=O) groups excluding carboxylic acids is 2. The molecule has 0 saturated carbocycles. The number of nitrogens with one attached hydrogen (secondary N) is 1. The Bertz CT molecular complexity index is 1070. The first-order valence-electron chi connectivity index (χ1n) is 8.52. The zero-order valence-electron chi connectivity index (χ0n) is 15.6. The molecule has 3 aromatic rings. The summed E-state index contributed by atoms with van der Waals surface area (Å²) in [4.78, 5) is 24.3. The number of hydrogen-bond acceptors (Lipinski definition) is 6. The number of carbonyl (C=O) groups is 2. The number of rotatable bonds is 6. The number of methoxy groups -OCH3 is 1. The number of amides is 1. The van der Waals surface area contributed by atoms with Crippen molar-refractivity contribution < 1.29 is 23.5 Å². The Morgan fingerprint density at radius 1 is 1.10 bits per heavy atom. The van der Waals surface area contributed by atoms with Crippen LogP contribution < -0.4 is 14.9 Å². The zero-order chi connectivity index (χ0) is 20.8. The van der Waals surface area contributed by atoms with Crippen LogP contribution in [-0.4, -0.2) is 25.2 Å². The lowest BCUT2D eigenvalue weighted by molar-refractivity contribution is 0.0729. The molecule has 3 rings (SSSR count). The van der Waals surface area contributed by atoms with E-state index < -0.39 is 5.97 Å². The number of ether oxygens (including phenoxy) is 2. The van der Waals surface area contributed by atoms with E-state index in [-0.39, 0.29) is 17.2 Å². The number of furan rings is 1. The standard InChI is InChI=1S/C21H17ClN2O5/c1-13-15(9-10-28-13)20(25)24-23-12-14-7-8-18(19(11-14)27-2)29-21(26)16-5-3-4-6-17(16)22/h3-12H,1-2H3,(H,24,25)/b23-12-. The molecule has 0 unspecified atom stereocenters. The van der Waals surface area contributed by atoms with Crippen molar-refractivity contribution in [2.24, 2.45) is 5.10 Å². The summed E-state index contributed by atoms with van der Waals surface area (Å²) in [7, 11) is 1.45. The van der Waals surface area contributed by atoms with E-state index in [0.29, 0.717) is 27.7 Å². The van der Waals surface area contributed by atoms with Crippen LogP contribution in [0, 0.1) is 6.92 Å². The first-order valence-corrected chi connectivity index (χ1v) is 8.89. The van der Waals surface area contributed by atoms with Crippen LogP contribution in [0.25, 0.3) is 0 Å². The lowest BCUT2D eigenvalue weighted by atomic mass is 10.2. The number of halogens is 1. The van der Waals surface area contributed by atoms with Gasteiger partial charge in [0.05, 0.1) is 35.7 Å². The minimum atomic E-state index is -0.599. The van der Waals surface area contributed by atoms with E-state index in [1.54, 1.807) is 55.5 Å². The minimum absolute atomic E-state index is 0.229. The van der Waals surface area contributed by atoms with Gasteiger partial charge >= 0.3 is 5.97 Å². The quantitative estimate of drug-likeness (QED) is 0.283.